The summed E-state index contributed by atoms with van der Waals surface area (Å²) in [4.78, 5) is 0. The molecule has 1 aromatic heterocycles. The number of hydrogen-bond donors (Lipinski definition) is 2. The molecule has 96 valence electrons. The molecule has 1 heterocycles. The lowest BCUT2D eigenvalue weighted by Gasteiger charge is -2.16. The standard InChI is InChI=1S/C12H20N2O2S/c1-10(5-6-11-4-3-8-16-11)14-12(17)13-7-9-15-2/h3-4,8,10H,5-7,9H2,1-2H3,(H2,13,14,17). The Labute approximate surface area is 108 Å². The van der Waals surface area contributed by atoms with Crippen molar-refractivity contribution in [3.63, 3.8) is 0 Å². The van der Waals surface area contributed by atoms with Crippen LogP contribution in [-0.2, 0) is 11.2 Å². The molecule has 0 amide bonds. The molecule has 0 aliphatic rings. The van der Waals surface area contributed by atoms with E-state index in [-0.39, 0.29) is 0 Å². The Bertz CT molecular complexity index is 314. The molecule has 0 spiro atoms. The van der Waals surface area contributed by atoms with Gasteiger partial charge in [-0.25, -0.2) is 0 Å². The summed E-state index contributed by atoms with van der Waals surface area (Å²) in [5.41, 5.74) is 0. The monoisotopic (exact) mass is 256 g/mol. The second-order valence-corrected chi connectivity index (χ2v) is 4.32. The zero-order chi connectivity index (χ0) is 12.5. The van der Waals surface area contributed by atoms with Gasteiger partial charge in [-0.05, 0) is 37.7 Å². The summed E-state index contributed by atoms with van der Waals surface area (Å²) in [6, 6.07) is 4.22. The lowest BCUT2D eigenvalue weighted by atomic mass is 10.1. The topological polar surface area (TPSA) is 46.4 Å². The molecule has 1 rings (SSSR count). The van der Waals surface area contributed by atoms with Gasteiger partial charge in [0.25, 0.3) is 0 Å². The Balaban J connectivity index is 2.11. The van der Waals surface area contributed by atoms with Gasteiger partial charge >= 0.3 is 0 Å². The molecule has 1 unspecified atom stereocenters. The molecule has 4 nitrogen and oxygen atoms in total. The predicted octanol–water partition coefficient (Wildman–Crippen LogP) is 1.71. The van der Waals surface area contributed by atoms with Crippen LogP contribution in [-0.4, -0.2) is 31.4 Å². The third kappa shape index (κ3) is 6.28. The minimum Gasteiger partial charge on any atom is -0.469 e. The van der Waals surface area contributed by atoms with Crippen molar-refractivity contribution >= 4 is 17.3 Å². The van der Waals surface area contributed by atoms with E-state index in [4.69, 9.17) is 21.4 Å². The van der Waals surface area contributed by atoms with Crippen molar-refractivity contribution in [1.82, 2.24) is 10.6 Å². The van der Waals surface area contributed by atoms with E-state index < -0.39 is 0 Å². The van der Waals surface area contributed by atoms with Crippen LogP contribution in [0.1, 0.15) is 19.1 Å². The van der Waals surface area contributed by atoms with Crippen molar-refractivity contribution in [2.24, 2.45) is 0 Å². The Morgan fingerprint density at radius 1 is 1.59 bits per heavy atom. The highest BCUT2D eigenvalue weighted by atomic mass is 32.1. The Hall–Kier alpha value is -1.07. The molecule has 0 fully saturated rings. The van der Waals surface area contributed by atoms with Gasteiger partial charge in [-0.3, -0.25) is 0 Å². The Morgan fingerprint density at radius 3 is 3.06 bits per heavy atom. The van der Waals surface area contributed by atoms with Crippen molar-refractivity contribution in [3.8, 4) is 0 Å². The maximum atomic E-state index is 5.28. The Morgan fingerprint density at radius 2 is 2.41 bits per heavy atom. The fourth-order valence-corrected chi connectivity index (χ4v) is 1.73. The lowest BCUT2D eigenvalue weighted by Crippen LogP contribution is -2.41. The number of hydrogen-bond acceptors (Lipinski definition) is 3. The van der Waals surface area contributed by atoms with Crippen LogP contribution in [0.4, 0.5) is 0 Å². The zero-order valence-electron chi connectivity index (χ0n) is 10.4. The van der Waals surface area contributed by atoms with Crippen LogP contribution in [0.5, 0.6) is 0 Å². The van der Waals surface area contributed by atoms with Crippen molar-refractivity contribution in [3.05, 3.63) is 24.2 Å². The fourth-order valence-electron chi connectivity index (χ4n) is 1.43. The van der Waals surface area contributed by atoms with Crippen LogP contribution < -0.4 is 10.6 Å². The molecule has 0 radical (unpaired) electrons. The van der Waals surface area contributed by atoms with E-state index in [1.807, 2.05) is 12.1 Å². The van der Waals surface area contributed by atoms with Gasteiger partial charge in [0.15, 0.2) is 5.11 Å². The average molecular weight is 256 g/mol. The van der Waals surface area contributed by atoms with Gasteiger partial charge in [0.2, 0.25) is 0 Å². The summed E-state index contributed by atoms with van der Waals surface area (Å²) in [6.45, 7) is 3.49. The Kier molecular flexibility index (Phi) is 6.65. The van der Waals surface area contributed by atoms with Gasteiger partial charge in [-0.1, -0.05) is 0 Å². The van der Waals surface area contributed by atoms with Crippen LogP contribution in [0.2, 0.25) is 0 Å². The number of rotatable bonds is 7. The summed E-state index contributed by atoms with van der Waals surface area (Å²) in [5.74, 6) is 1.01. The van der Waals surface area contributed by atoms with Gasteiger partial charge < -0.3 is 19.8 Å². The third-order valence-corrected chi connectivity index (χ3v) is 2.64. The maximum Gasteiger partial charge on any atom is 0.166 e. The summed E-state index contributed by atoms with van der Waals surface area (Å²) >= 11 is 5.16. The zero-order valence-corrected chi connectivity index (χ0v) is 11.2. The van der Waals surface area contributed by atoms with Crippen LogP contribution >= 0.6 is 12.2 Å². The highest BCUT2D eigenvalue weighted by Crippen LogP contribution is 2.05. The number of nitrogens with one attached hydrogen (secondary N) is 2. The molecule has 17 heavy (non-hydrogen) atoms. The van der Waals surface area contributed by atoms with E-state index in [1.54, 1.807) is 13.4 Å². The number of furan rings is 1. The molecular formula is C12H20N2O2S. The SMILES string of the molecule is COCCNC(=S)NC(C)CCc1ccco1. The fraction of sp³-hybridized carbons (Fsp3) is 0.583. The molecule has 0 saturated heterocycles. The van der Waals surface area contributed by atoms with Crippen molar-refractivity contribution in [2.45, 2.75) is 25.8 Å². The highest BCUT2D eigenvalue weighted by Gasteiger charge is 2.05. The molecular weight excluding hydrogens is 236 g/mol. The van der Waals surface area contributed by atoms with Crippen LogP contribution in [0, 0.1) is 0 Å². The molecule has 1 aromatic rings. The summed E-state index contributed by atoms with van der Waals surface area (Å²) in [7, 11) is 1.67. The second-order valence-electron chi connectivity index (χ2n) is 3.91. The van der Waals surface area contributed by atoms with Crippen molar-refractivity contribution < 1.29 is 9.15 Å². The molecule has 1 atom stereocenters. The highest BCUT2D eigenvalue weighted by molar-refractivity contribution is 7.80. The van der Waals surface area contributed by atoms with E-state index in [0.29, 0.717) is 17.8 Å². The average Bonchev–Trinajstić information content (AvgIpc) is 2.79. The molecule has 0 aromatic carbocycles. The quantitative estimate of drug-likeness (QED) is 0.574. The van der Waals surface area contributed by atoms with Crippen LogP contribution in [0.15, 0.2) is 22.8 Å². The first kappa shape index (κ1) is 14.0. The van der Waals surface area contributed by atoms with Gasteiger partial charge in [-0.15, -0.1) is 0 Å². The molecule has 0 saturated carbocycles. The normalized spacial score (nSPS) is 12.1. The number of thiocarbonyl (C=S) groups is 1. The lowest BCUT2D eigenvalue weighted by molar-refractivity contribution is 0.204. The van der Waals surface area contributed by atoms with E-state index >= 15 is 0 Å². The van der Waals surface area contributed by atoms with Crippen molar-refractivity contribution in [1.29, 1.82) is 0 Å². The predicted molar refractivity (Wildman–Crippen MR) is 72.1 cm³/mol. The van der Waals surface area contributed by atoms with E-state index in [2.05, 4.69) is 17.6 Å². The molecule has 0 aliphatic carbocycles. The van der Waals surface area contributed by atoms with Crippen molar-refractivity contribution in [2.75, 3.05) is 20.3 Å². The van der Waals surface area contributed by atoms with Gasteiger partial charge in [-0.2, -0.15) is 0 Å². The summed E-state index contributed by atoms with van der Waals surface area (Å²) in [5, 5.41) is 6.98. The molecule has 0 bridgehead atoms. The van der Waals surface area contributed by atoms with Crippen LogP contribution in [0.25, 0.3) is 0 Å². The van der Waals surface area contributed by atoms with Gasteiger partial charge in [0, 0.05) is 26.1 Å². The van der Waals surface area contributed by atoms with Gasteiger partial charge in [0.05, 0.1) is 12.9 Å². The second kappa shape index (κ2) is 8.08. The van der Waals surface area contributed by atoms with Crippen LogP contribution in [0.3, 0.4) is 0 Å². The summed E-state index contributed by atoms with van der Waals surface area (Å²) < 4.78 is 10.2. The molecule has 0 aliphatic heterocycles. The molecule has 5 heteroatoms. The van der Waals surface area contributed by atoms with E-state index in [9.17, 15) is 0 Å². The minimum absolute atomic E-state index is 0.322. The first-order valence-corrected chi connectivity index (χ1v) is 6.19. The largest absolute Gasteiger partial charge is 0.469 e. The third-order valence-electron chi connectivity index (χ3n) is 2.37. The number of aryl methyl sites for hydroxylation is 1. The van der Waals surface area contributed by atoms with E-state index in [1.165, 1.54) is 0 Å². The molecule has 2 N–H and O–H groups in total. The van der Waals surface area contributed by atoms with Gasteiger partial charge in [0.1, 0.15) is 5.76 Å². The first-order chi connectivity index (χ1) is 8.22. The number of methoxy groups -OCH3 is 1. The minimum atomic E-state index is 0.322. The number of ether oxygens (including phenoxy) is 1. The van der Waals surface area contributed by atoms with E-state index in [0.717, 1.165) is 25.1 Å². The maximum absolute atomic E-state index is 5.28. The summed E-state index contributed by atoms with van der Waals surface area (Å²) in [6.07, 6.45) is 3.60. The smallest absolute Gasteiger partial charge is 0.166 e. The first-order valence-electron chi connectivity index (χ1n) is 5.78.